The molecule has 1 rings (SSSR count). The highest BCUT2D eigenvalue weighted by Crippen LogP contribution is 2.25. The molecule has 0 aliphatic rings. The van der Waals surface area contributed by atoms with Gasteiger partial charge in [-0.3, -0.25) is 9.78 Å². The zero-order valence-electron chi connectivity index (χ0n) is 10.0. The molecule has 0 saturated heterocycles. The Morgan fingerprint density at radius 2 is 2.00 bits per heavy atom. The summed E-state index contributed by atoms with van der Waals surface area (Å²) in [5.74, 6) is 0.621. The lowest BCUT2D eigenvalue weighted by molar-refractivity contribution is 0.269. The van der Waals surface area contributed by atoms with Gasteiger partial charge in [0.1, 0.15) is 0 Å². The number of nitrogens with one attached hydrogen (secondary N) is 3. The summed E-state index contributed by atoms with van der Waals surface area (Å²) in [6.07, 6.45) is 0. The number of H-pyrrole nitrogens is 2. The van der Waals surface area contributed by atoms with Gasteiger partial charge in [0.2, 0.25) is 5.82 Å². The van der Waals surface area contributed by atoms with Gasteiger partial charge in [-0.1, -0.05) is 27.7 Å². The van der Waals surface area contributed by atoms with Crippen molar-refractivity contribution in [3.63, 3.8) is 0 Å². The second-order valence-corrected chi connectivity index (χ2v) is 4.85. The highest BCUT2D eigenvalue weighted by Gasteiger charge is 2.22. The summed E-state index contributed by atoms with van der Waals surface area (Å²) in [5.41, 5.74) is -1.05. The molecule has 0 amide bonds. The van der Waals surface area contributed by atoms with Gasteiger partial charge in [-0.15, -0.1) is 5.10 Å². The summed E-state index contributed by atoms with van der Waals surface area (Å²) < 4.78 is 0. The lowest BCUT2D eigenvalue weighted by Crippen LogP contribution is -2.33. The van der Waals surface area contributed by atoms with Crippen molar-refractivity contribution in [3.05, 3.63) is 20.8 Å². The SMILES string of the molecule is CC(C)C(C)(C)CNc1n[nH]c(=O)[nH]c1=O. The fourth-order valence-corrected chi connectivity index (χ4v) is 0.983. The van der Waals surface area contributed by atoms with Crippen LogP contribution in [0.4, 0.5) is 5.82 Å². The molecule has 0 radical (unpaired) electrons. The van der Waals surface area contributed by atoms with Crippen LogP contribution < -0.4 is 16.6 Å². The van der Waals surface area contributed by atoms with E-state index in [2.05, 4.69) is 48.2 Å². The first-order valence-corrected chi connectivity index (χ1v) is 5.26. The molecule has 16 heavy (non-hydrogen) atoms. The molecular formula is C10H18N4O2. The van der Waals surface area contributed by atoms with Crippen LogP contribution in [0.15, 0.2) is 9.59 Å². The molecule has 3 N–H and O–H groups in total. The predicted molar refractivity (Wildman–Crippen MR) is 62.6 cm³/mol. The largest absolute Gasteiger partial charge is 0.364 e. The molecule has 0 bridgehead atoms. The number of hydrogen-bond donors (Lipinski definition) is 3. The fraction of sp³-hybridized carbons (Fsp3) is 0.700. The zero-order chi connectivity index (χ0) is 12.3. The molecule has 0 atom stereocenters. The summed E-state index contributed by atoms with van der Waals surface area (Å²) in [5, 5.41) is 8.77. The van der Waals surface area contributed by atoms with Gasteiger partial charge in [-0.05, 0) is 11.3 Å². The van der Waals surface area contributed by atoms with Crippen molar-refractivity contribution in [2.24, 2.45) is 11.3 Å². The smallest absolute Gasteiger partial charge is 0.342 e. The van der Waals surface area contributed by atoms with Gasteiger partial charge in [-0.2, -0.15) is 0 Å². The third kappa shape index (κ3) is 2.95. The Labute approximate surface area is 93.5 Å². The van der Waals surface area contributed by atoms with Crippen LogP contribution >= 0.6 is 0 Å². The summed E-state index contributed by atoms with van der Waals surface area (Å²) >= 11 is 0. The van der Waals surface area contributed by atoms with Crippen molar-refractivity contribution >= 4 is 5.82 Å². The molecular weight excluding hydrogens is 208 g/mol. The lowest BCUT2D eigenvalue weighted by Gasteiger charge is -2.29. The van der Waals surface area contributed by atoms with Crippen molar-refractivity contribution < 1.29 is 0 Å². The lowest BCUT2D eigenvalue weighted by atomic mass is 9.81. The van der Waals surface area contributed by atoms with E-state index in [0.717, 1.165) is 0 Å². The van der Waals surface area contributed by atoms with Crippen molar-refractivity contribution in [2.75, 3.05) is 11.9 Å². The van der Waals surface area contributed by atoms with Crippen LogP contribution in [0.25, 0.3) is 0 Å². The van der Waals surface area contributed by atoms with Crippen LogP contribution in [0.5, 0.6) is 0 Å². The van der Waals surface area contributed by atoms with Gasteiger partial charge in [0.15, 0.2) is 0 Å². The first-order chi connectivity index (χ1) is 7.33. The van der Waals surface area contributed by atoms with Gasteiger partial charge >= 0.3 is 5.69 Å². The number of aromatic nitrogens is 3. The molecule has 0 aliphatic heterocycles. The van der Waals surface area contributed by atoms with Gasteiger partial charge in [0.05, 0.1) is 0 Å². The molecule has 0 fully saturated rings. The Bertz CT molecular complexity index is 458. The van der Waals surface area contributed by atoms with E-state index in [4.69, 9.17) is 0 Å². The average molecular weight is 226 g/mol. The second kappa shape index (κ2) is 4.51. The Morgan fingerprint density at radius 3 is 2.50 bits per heavy atom. The fourth-order valence-electron chi connectivity index (χ4n) is 0.983. The number of hydrogen-bond acceptors (Lipinski definition) is 4. The third-order valence-corrected chi connectivity index (χ3v) is 2.99. The predicted octanol–water partition coefficient (Wildman–Crippen LogP) is 0.552. The normalized spacial score (nSPS) is 11.8. The third-order valence-electron chi connectivity index (χ3n) is 2.99. The van der Waals surface area contributed by atoms with Gasteiger partial charge in [-0.25, -0.2) is 9.89 Å². The topological polar surface area (TPSA) is 90.6 Å². The van der Waals surface area contributed by atoms with E-state index < -0.39 is 11.2 Å². The van der Waals surface area contributed by atoms with Crippen molar-refractivity contribution in [1.29, 1.82) is 0 Å². The summed E-state index contributed by atoms with van der Waals surface area (Å²) in [7, 11) is 0. The molecule has 1 heterocycles. The minimum atomic E-state index is -0.598. The van der Waals surface area contributed by atoms with E-state index in [-0.39, 0.29) is 11.2 Å². The van der Waals surface area contributed by atoms with Gasteiger partial charge < -0.3 is 5.32 Å². The number of anilines is 1. The molecule has 0 aliphatic carbocycles. The number of nitrogens with zero attached hydrogens (tertiary/aromatic N) is 1. The summed E-state index contributed by atoms with van der Waals surface area (Å²) in [6, 6.07) is 0. The van der Waals surface area contributed by atoms with E-state index in [9.17, 15) is 9.59 Å². The number of rotatable bonds is 4. The van der Waals surface area contributed by atoms with Crippen LogP contribution in [-0.2, 0) is 0 Å². The van der Waals surface area contributed by atoms with E-state index in [1.165, 1.54) is 0 Å². The minimum Gasteiger partial charge on any atom is -0.364 e. The molecule has 0 spiro atoms. The molecule has 6 nitrogen and oxygen atoms in total. The molecule has 6 heteroatoms. The molecule has 90 valence electrons. The Morgan fingerprint density at radius 1 is 1.38 bits per heavy atom. The molecule has 0 saturated carbocycles. The van der Waals surface area contributed by atoms with Crippen LogP contribution in [-0.4, -0.2) is 21.7 Å². The summed E-state index contributed by atoms with van der Waals surface area (Å²) in [6.45, 7) is 9.06. The highest BCUT2D eigenvalue weighted by molar-refractivity contribution is 5.28. The number of aromatic amines is 2. The molecule has 0 aromatic carbocycles. The van der Waals surface area contributed by atoms with E-state index in [1.807, 2.05) is 0 Å². The quantitative estimate of drug-likeness (QED) is 0.699. The Kier molecular flexibility index (Phi) is 3.51. The standard InChI is InChI=1S/C10H18N4O2/c1-6(2)10(3,4)5-11-7-8(15)12-9(16)14-13-7/h6H,5H2,1-4H3,(H,11,13)(H2,12,14,15,16). The molecule has 1 aromatic rings. The van der Waals surface area contributed by atoms with Gasteiger partial charge in [0, 0.05) is 6.54 Å². The average Bonchev–Trinajstić information content (AvgIpc) is 2.16. The first kappa shape index (κ1) is 12.5. The monoisotopic (exact) mass is 226 g/mol. The van der Waals surface area contributed by atoms with E-state index in [0.29, 0.717) is 12.5 Å². The van der Waals surface area contributed by atoms with Crippen molar-refractivity contribution in [2.45, 2.75) is 27.7 Å². The Hall–Kier alpha value is -1.59. The summed E-state index contributed by atoms with van der Waals surface area (Å²) in [4.78, 5) is 24.2. The highest BCUT2D eigenvalue weighted by atomic mass is 16.2. The van der Waals surface area contributed by atoms with Crippen molar-refractivity contribution in [1.82, 2.24) is 15.2 Å². The second-order valence-electron chi connectivity index (χ2n) is 4.85. The molecule has 1 aromatic heterocycles. The first-order valence-electron chi connectivity index (χ1n) is 5.26. The maximum absolute atomic E-state index is 11.3. The maximum atomic E-state index is 11.3. The van der Waals surface area contributed by atoms with Crippen molar-refractivity contribution in [3.8, 4) is 0 Å². The molecule has 0 unspecified atom stereocenters. The Balaban J connectivity index is 2.76. The van der Waals surface area contributed by atoms with Crippen LogP contribution in [0.1, 0.15) is 27.7 Å². The van der Waals surface area contributed by atoms with Crippen LogP contribution in [0.2, 0.25) is 0 Å². The van der Waals surface area contributed by atoms with Crippen LogP contribution in [0.3, 0.4) is 0 Å². The van der Waals surface area contributed by atoms with E-state index >= 15 is 0 Å². The van der Waals surface area contributed by atoms with Gasteiger partial charge in [0.25, 0.3) is 5.56 Å². The zero-order valence-corrected chi connectivity index (χ0v) is 10.0. The maximum Gasteiger partial charge on any atom is 0.342 e. The van der Waals surface area contributed by atoms with Crippen LogP contribution in [0, 0.1) is 11.3 Å². The van der Waals surface area contributed by atoms with E-state index in [1.54, 1.807) is 0 Å². The minimum absolute atomic E-state index is 0.0459.